The van der Waals surface area contributed by atoms with Crippen LogP contribution in [0.4, 0.5) is 0 Å². The second kappa shape index (κ2) is 13.1. The van der Waals surface area contributed by atoms with Crippen LogP contribution in [0, 0.1) is 5.92 Å². The van der Waals surface area contributed by atoms with Crippen molar-refractivity contribution in [2.45, 2.75) is 44.4 Å². The Labute approximate surface area is 175 Å². The molecule has 0 aliphatic heterocycles. The van der Waals surface area contributed by atoms with Crippen molar-refractivity contribution in [2.24, 2.45) is 11.7 Å². The van der Waals surface area contributed by atoms with Crippen molar-refractivity contribution in [2.75, 3.05) is 17.3 Å². The van der Waals surface area contributed by atoms with Crippen molar-refractivity contribution >= 4 is 61.6 Å². The molecule has 5 atom stereocenters. The number of carboxylic acid groups (broad SMARTS) is 1. The van der Waals surface area contributed by atoms with Crippen LogP contribution in [0.15, 0.2) is 0 Å². The van der Waals surface area contributed by atoms with E-state index in [4.69, 9.17) is 5.73 Å². The van der Waals surface area contributed by atoms with Gasteiger partial charge < -0.3 is 26.8 Å². The first-order chi connectivity index (χ1) is 12.6. The van der Waals surface area contributed by atoms with E-state index >= 15 is 0 Å². The minimum absolute atomic E-state index is 0.0254. The van der Waals surface area contributed by atoms with Gasteiger partial charge in [-0.1, -0.05) is 20.3 Å². The molecule has 12 heteroatoms. The van der Waals surface area contributed by atoms with Crippen molar-refractivity contribution in [3.63, 3.8) is 0 Å². The van der Waals surface area contributed by atoms with E-state index < -0.39 is 47.9 Å². The van der Waals surface area contributed by atoms with E-state index in [1.54, 1.807) is 13.8 Å². The van der Waals surface area contributed by atoms with Crippen LogP contribution in [0.1, 0.15) is 20.3 Å². The summed E-state index contributed by atoms with van der Waals surface area (Å²) in [6.07, 6.45) is 0.550. The predicted octanol–water partition coefficient (Wildman–Crippen LogP) is -1.31. The summed E-state index contributed by atoms with van der Waals surface area (Å²) in [6.45, 7) is 3.50. The Hall–Kier alpha value is -1.11. The third kappa shape index (κ3) is 8.62. The molecule has 0 radical (unpaired) electrons. The Balaban J connectivity index is 5.01. The molecule has 27 heavy (non-hydrogen) atoms. The Bertz CT molecular complexity index is 538. The van der Waals surface area contributed by atoms with Crippen molar-refractivity contribution in [3.05, 3.63) is 0 Å². The first-order valence-corrected chi connectivity index (χ1v) is 10.2. The van der Waals surface area contributed by atoms with E-state index in [0.29, 0.717) is 6.42 Å². The molecule has 0 spiro atoms. The van der Waals surface area contributed by atoms with Gasteiger partial charge in [-0.05, 0) is 5.92 Å². The number of aliphatic carboxylic acids is 1. The molecule has 0 aliphatic carbocycles. The normalized spacial score (nSPS) is 16.4. The molecule has 0 aromatic rings. The lowest BCUT2D eigenvalue weighted by Crippen LogP contribution is -2.58. The van der Waals surface area contributed by atoms with Crippen molar-refractivity contribution in [1.29, 1.82) is 0 Å². The molecule has 9 nitrogen and oxygen atoms in total. The smallest absolute Gasteiger partial charge is 0.326 e. The molecule has 0 aromatic carbocycles. The number of hydrogen-bond acceptors (Lipinski definition) is 8. The summed E-state index contributed by atoms with van der Waals surface area (Å²) >= 11 is 12.0. The standard InChI is InChI=1S/C15H28N4O5S3/c1-3-7(2)11(15(23)24)19-14(22)10(6-27)18-13(21)9(5-26)17-12(20)8(16)4-25/h7-11,25-27H,3-6,16H2,1-2H3,(H,17,20)(H,18,21)(H,19,22)(H,23,24). The monoisotopic (exact) mass is 440 g/mol. The highest BCUT2D eigenvalue weighted by Crippen LogP contribution is 2.08. The second-order valence-corrected chi connectivity index (χ2v) is 7.08. The zero-order chi connectivity index (χ0) is 21.1. The Morgan fingerprint density at radius 1 is 0.889 bits per heavy atom. The van der Waals surface area contributed by atoms with Gasteiger partial charge in [-0.15, -0.1) is 0 Å². The number of rotatable bonds is 12. The molecule has 0 saturated carbocycles. The van der Waals surface area contributed by atoms with E-state index in [2.05, 4.69) is 53.8 Å². The van der Waals surface area contributed by atoms with Crippen LogP contribution in [-0.2, 0) is 19.2 Å². The van der Waals surface area contributed by atoms with Crippen molar-refractivity contribution in [1.82, 2.24) is 16.0 Å². The largest absolute Gasteiger partial charge is 0.480 e. The molecular weight excluding hydrogens is 412 g/mol. The maximum Gasteiger partial charge on any atom is 0.326 e. The Kier molecular flexibility index (Phi) is 12.6. The van der Waals surface area contributed by atoms with E-state index in [9.17, 15) is 24.3 Å². The van der Waals surface area contributed by atoms with Gasteiger partial charge in [-0.2, -0.15) is 37.9 Å². The lowest BCUT2D eigenvalue weighted by Gasteiger charge is -2.25. The number of carbonyl (C=O) groups is 4. The Morgan fingerprint density at radius 3 is 1.70 bits per heavy atom. The van der Waals surface area contributed by atoms with Gasteiger partial charge in [-0.3, -0.25) is 14.4 Å². The number of nitrogens with one attached hydrogen (secondary N) is 3. The van der Waals surface area contributed by atoms with Crippen LogP contribution >= 0.6 is 37.9 Å². The Morgan fingerprint density at radius 2 is 1.33 bits per heavy atom. The highest BCUT2D eigenvalue weighted by Gasteiger charge is 2.30. The van der Waals surface area contributed by atoms with E-state index in [1.807, 2.05) is 0 Å². The van der Waals surface area contributed by atoms with Crippen LogP contribution in [0.25, 0.3) is 0 Å². The van der Waals surface area contributed by atoms with E-state index in [-0.39, 0.29) is 23.2 Å². The minimum Gasteiger partial charge on any atom is -0.480 e. The van der Waals surface area contributed by atoms with E-state index in [1.165, 1.54) is 0 Å². The number of hydrogen-bond donors (Lipinski definition) is 8. The van der Waals surface area contributed by atoms with Crippen LogP contribution in [0.2, 0.25) is 0 Å². The zero-order valence-electron chi connectivity index (χ0n) is 15.2. The molecule has 0 aromatic heterocycles. The maximum atomic E-state index is 12.4. The van der Waals surface area contributed by atoms with Crippen molar-refractivity contribution in [3.8, 4) is 0 Å². The lowest BCUT2D eigenvalue weighted by atomic mass is 9.99. The fourth-order valence-corrected chi connectivity index (χ4v) is 2.64. The number of thiol groups is 3. The second-order valence-electron chi connectivity index (χ2n) is 5.99. The molecule has 0 bridgehead atoms. The maximum absolute atomic E-state index is 12.4. The highest BCUT2D eigenvalue weighted by atomic mass is 32.1. The molecule has 0 heterocycles. The van der Waals surface area contributed by atoms with Crippen LogP contribution < -0.4 is 21.7 Å². The molecule has 5 unspecified atom stereocenters. The number of nitrogens with two attached hydrogens (primary N) is 1. The third-order valence-electron chi connectivity index (χ3n) is 3.94. The number of amides is 3. The van der Waals surface area contributed by atoms with Gasteiger partial charge in [0.25, 0.3) is 0 Å². The molecule has 6 N–H and O–H groups in total. The van der Waals surface area contributed by atoms with Crippen LogP contribution in [0.5, 0.6) is 0 Å². The van der Waals surface area contributed by atoms with Gasteiger partial charge in [0.15, 0.2) is 0 Å². The third-order valence-corrected chi connectivity index (χ3v) is 5.07. The first-order valence-electron chi connectivity index (χ1n) is 8.34. The molecule has 0 fully saturated rings. The minimum atomic E-state index is -1.16. The van der Waals surface area contributed by atoms with Gasteiger partial charge >= 0.3 is 5.97 Å². The van der Waals surface area contributed by atoms with Gasteiger partial charge in [0, 0.05) is 17.3 Å². The summed E-state index contributed by atoms with van der Waals surface area (Å²) in [5.41, 5.74) is 5.54. The van der Waals surface area contributed by atoms with Crippen molar-refractivity contribution < 1.29 is 24.3 Å². The van der Waals surface area contributed by atoms with E-state index in [0.717, 1.165) is 0 Å². The lowest BCUT2D eigenvalue weighted by molar-refractivity contribution is -0.143. The molecule has 0 aliphatic rings. The topological polar surface area (TPSA) is 151 Å². The molecule has 0 rings (SSSR count). The van der Waals surface area contributed by atoms with Gasteiger partial charge in [0.1, 0.15) is 18.1 Å². The van der Waals surface area contributed by atoms with Gasteiger partial charge in [0.2, 0.25) is 17.7 Å². The number of carbonyl (C=O) groups excluding carboxylic acids is 3. The summed E-state index contributed by atoms with van der Waals surface area (Å²) in [5, 5.41) is 16.5. The average Bonchev–Trinajstić information content (AvgIpc) is 2.65. The fraction of sp³-hybridized carbons (Fsp3) is 0.733. The first kappa shape index (κ1) is 25.9. The summed E-state index contributed by atoms with van der Waals surface area (Å²) in [7, 11) is 0. The number of carboxylic acids is 1. The van der Waals surface area contributed by atoms with Gasteiger partial charge in [-0.25, -0.2) is 4.79 Å². The van der Waals surface area contributed by atoms with Crippen LogP contribution in [0.3, 0.4) is 0 Å². The fourth-order valence-electron chi connectivity index (χ4n) is 1.96. The SMILES string of the molecule is CCC(C)C(NC(=O)C(CS)NC(=O)C(CS)NC(=O)C(N)CS)C(=O)O. The zero-order valence-corrected chi connectivity index (χ0v) is 17.9. The molecule has 0 saturated heterocycles. The van der Waals surface area contributed by atoms with Gasteiger partial charge in [0.05, 0.1) is 6.04 Å². The molecular formula is C15H28N4O5S3. The summed E-state index contributed by atoms with van der Waals surface area (Å²) < 4.78 is 0. The van der Waals surface area contributed by atoms with Crippen LogP contribution in [-0.4, -0.2) is 70.2 Å². The summed E-state index contributed by atoms with van der Waals surface area (Å²) in [6, 6.07) is -4.08. The highest BCUT2D eigenvalue weighted by molar-refractivity contribution is 7.80. The molecule has 156 valence electrons. The predicted molar refractivity (Wildman–Crippen MR) is 112 cm³/mol. The summed E-state index contributed by atoms with van der Waals surface area (Å²) in [4.78, 5) is 47.8. The quantitative estimate of drug-likeness (QED) is 0.177. The summed E-state index contributed by atoms with van der Waals surface area (Å²) in [5.74, 6) is -3.36. The average molecular weight is 441 g/mol. The molecule has 3 amide bonds.